The molecule has 50 heavy (non-hydrogen) atoms. The highest BCUT2D eigenvalue weighted by atomic mass is 16.7. The van der Waals surface area contributed by atoms with Gasteiger partial charge < -0.3 is 45.3 Å². The van der Waals surface area contributed by atoms with Gasteiger partial charge in [-0.2, -0.15) is 4.48 Å². The van der Waals surface area contributed by atoms with E-state index in [1.165, 1.54) is 30.4 Å². The first-order valence-electron chi connectivity index (χ1n) is 16.2. The number of anilines is 1. The topological polar surface area (TPSA) is 235 Å². The summed E-state index contributed by atoms with van der Waals surface area (Å²) >= 11 is 0. The van der Waals surface area contributed by atoms with Crippen molar-refractivity contribution >= 4 is 41.3 Å². The lowest BCUT2D eigenvalue weighted by atomic mass is 9.76. The molecule has 6 N–H and O–H groups in total. The number of esters is 1. The Hall–Kier alpha value is -4.22. The molecule has 1 aromatic rings. The molecular weight excluding hydrogens is 658 g/mol. The number of nitrogens with zero attached hydrogens (tertiary/aromatic N) is 1. The van der Waals surface area contributed by atoms with Gasteiger partial charge in [-0.1, -0.05) is 33.8 Å². The number of benzene rings is 1. The van der Waals surface area contributed by atoms with Crippen LogP contribution in [0.5, 0.6) is 5.75 Å². The van der Waals surface area contributed by atoms with Crippen molar-refractivity contribution in [2.24, 2.45) is 11.3 Å². The normalized spacial score (nSPS) is 23.5. The summed E-state index contributed by atoms with van der Waals surface area (Å²) in [6.45, 7) is 10.4. The summed E-state index contributed by atoms with van der Waals surface area (Å²) in [5.74, 6) is -4.15. The van der Waals surface area contributed by atoms with Gasteiger partial charge in [0.25, 0.3) is 0 Å². The largest absolute Gasteiger partial charge is 0.479 e. The summed E-state index contributed by atoms with van der Waals surface area (Å²) < 4.78 is 15.7. The Balaban J connectivity index is 1.67. The number of hydrogen-bond donors (Lipinski definition) is 6. The zero-order valence-corrected chi connectivity index (χ0v) is 29.3. The average Bonchev–Trinajstić information content (AvgIpc) is 3.28. The van der Waals surface area contributed by atoms with Crippen molar-refractivity contribution in [2.45, 2.75) is 104 Å². The number of ether oxygens (including phenoxy) is 3. The van der Waals surface area contributed by atoms with Crippen molar-refractivity contribution in [3.63, 3.8) is 0 Å². The number of carboxylic acid groups (broad SMARTS) is 1. The van der Waals surface area contributed by atoms with E-state index >= 15 is 0 Å². The van der Waals surface area contributed by atoms with E-state index in [2.05, 4.69) is 10.6 Å². The van der Waals surface area contributed by atoms with Crippen molar-refractivity contribution in [3.05, 3.63) is 35.9 Å². The molecule has 4 amide bonds. The summed E-state index contributed by atoms with van der Waals surface area (Å²) in [5, 5.41) is 45.3. The van der Waals surface area contributed by atoms with Gasteiger partial charge in [-0.3, -0.25) is 14.4 Å². The SMILES string of the molecule is CC(C)C(=O)OCc1ccc(O[C@@H]2O[C@H](C(=O)O)[C@@H](O)[C@H](O)[C@H]2O)c(NC(=O)CCNC(=O)CC(C)(C)CC(C)(C)[N+]2(C)C(=O)C=CC2=O)c1. The van der Waals surface area contributed by atoms with Crippen LogP contribution in [0.15, 0.2) is 30.4 Å². The average molecular weight is 707 g/mol. The standard InChI is InChI=1S/C34H47N3O13/c1-18(2)31(47)48-16-19-8-9-21(49-32-28(44)26(42)27(43)29(50-32)30(45)46)20(14-19)36-22(38)12-13-35-23(39)15-33(3,4)17-34(5,6)37(7)24(40)10-11-25(37)41/h8-11,14,18,26-29,32,42-44H,12-13,15-17H2,1-7H3,(H2-,35,36,38,39,45,46)/p+1/t26-,27-,28+,29-,32+/m0/s1. The maximum absolute atomic E-state index is 13.0. The van der Waals surface area contributed by atoms with E-state index in [1.54, 1.807) is 34.7 Å². The van der Waals surface area contributed by atoms with Crippen molar-refractivity contribution < 1.29 is 67.9 Å². The van der Waals surface area contributed by atoms with Crippen molar-refractivity contribution in [1.29, 1.82) is 0 Å². The van der Waals surface area contributed by atoms with Crippen LogP contribution in [0.2, 0.25) is 0 Å². The number of aliphatic carboxylic acids is 1. The minimum Gasteiger partial charge on any atom is -0.479 e. The molecule has 0 bridgehead atoms. The summed E-state index contributed by atoms with van der Waals surface area (Å²) in [7, 11) is 1.56. The Kier molecular flexibility index (Phi) is 12.7. The second-order valence-electron chi connectivity index (χ2n) is 14.4. The van der Waals surface area contributed by atoms with Gasteiger partial charge in [0.2, 0.25) is 18.1 Å². The first kappa shape index (κ1) is 40.2. The van der Waals surface area contributed by atoms with Crippen LogP contribution in [0.1, 0.15) is 66.4 Å². The van der Waals surface area contributed by atoms with E-state index in [4.69, 9.17) is 14.2 Å². The number of hydrogen-bond acceptors (Lipinski definition) is 12. The Bertz CT molecular complexity index is 1500. The van der Waals surface area contributed by atoms with Gasteiger partial charge in [-0.15, -0.1) is 0 Å². The highest BCUT2D eigenvalue weighted by Gasteiger charge is 2.55. The number of nitrogens with one attached hydrogen (secondary N) is 2. The third-order valence-electron chi connectivity index (χ3n) is 8.91. The van der Waals surface area contributed by atoms with Crippen LogP contribution in [-0.4, -0.2) is 110 Å². The minimum atomic E-state index is -1.94. The molecule has 2 aliphatic heterocycles. The van der Waals surface area contributed by atoms with Gasteiger partial charge in [0.1, 0.15) is 36.2 Å². The predicted molar refractivity (Wildman–Crippen MR) is 175 cm³/mol. The van der Waals surface area contributed by atoms with Crippen LogP contribution in [0, 0.1) is 11.3 Å². The monoisotopic (exact) mass is 706 g/mol. The van der Waals surface area contributed by atoms with Crippen LogP contribution >= 0.6 is 0 Å². The van der Waals surface area contributed by atoms with Gasteiger partial charge in [-0.25, -0.2) is 14.4 Å². The lowest BCUT2D eigenvalue weighted by molar-refractivity contribution is -0.806. The Morgan fingerprint density at radius 1 is 0.960 bits per heavy atom. The van der Waals surface area contributed by atoms with Gasteiger partial charge in [-0.05, 0) is 37.0 Å². The first-order chi connectivity index (χ1) is 23.1. The van der Waals surface area contributed by atoms with Crippen LogP contribution in [0.25, 0.3) is 0 Å². The Morgan fingerprint density at radius 2 is 1.58 bits per heavy atom. The van der Waals surface area contributed by atoms with E-state index in [-0.39, 0.29) is 55.2 Å². The minimum absolute atomic E-state index is 0.0168. The highest BCUT2D eigenvalue weighted by Crippen LogP contribution is 2.39. The number of aliphatic hydroxyl groups excluding tert-OH is 3. The van der Waals surface area contributed by atoms with Crippen molar-refractivity contribution in [2.75, 3.05) is 18.9 Å². The second-order valence-corrected chi connectivity index (χ2v) is 14.4. The quantitative estimate of drug-likeness (QED) is 0.0841. The van der Waals surface area contributed by atoms with Crippen LogP contribution in [0.3, 0.4) is 0 Å². The molecule has 2 heterocycles. The van der Waals surface area contributed by atoms with E-state index in [0.717, 1.165) is 0 Å². The van der Waals surface area contributed by atoms with E-state index in [9.17, 15) is 49.2 Å². The molecule has 0 unspecified atom stereocenters. The number of carbonyl (C=O) groups is 6. The van der Waals surface area contributed by atoms with E-state index in [0.29, 0.717) is 12.0 Å². The Morgan fingerprint density at radius 3 is 2.16 bits per heavy atom. The van der Waals surface area contributed by atoms with Crippen molar-refractivity contribution in [1.82, 2.24) is 5.32 Å². The second kappa shape index (κ2) is 15.8. The number of aliphatic hydroxyl groups is 3. The molecule has 1 fully saturated rings. The lowest BCUT2D eigenvalue weighted by Gasteiger charge is -2.43. The molecule has 3 rings (SSSR count). The zero-order chi connectivity index (χ0) is 37.8. The number of carbonyl (C=O) groups excluding carboxylic acids is 5. The van der Waals surface area contributed by atoms with Gasteiger partial charge in [0, 0.05) is 25.8 Å². The summed E-state index contributed by atoms with van der Waals surface area (Å²) in [6, 6.07) is 4.27. The maximum atomic E-state index is 13.0. The van der Waals surface area contributed by atoms with Gasteiger partial charge >= 0.3 is 23.8 Å². The fourth-order valence-corrected chi connectivity index (χ4v) is 6.03. The molecule has 16 heteroatoms. The molecule has 276 valence electrons. The number of imide groups is 1. The number of carboxylic acids is 1. The maximum Gasteiger partial charge on any atom is 0.346 e. The first-order valence-corrected chi connectivity index (χ1v) is 16.2. The fraction of sp³-hybridized carbons (Fsp3) is 0.588. The molecule has 0 aliphatic carbocycles. The summed E-state index contributed by atoms with van der Waals surface area (Å²) in [6.07, 6.45) is -6.66. The molecule has 1 saturated heterocycles. The summed E-state index contributed by atoms with van der Waals surface area (Å²) in [4.78, 5) is 74.6. The molecular formula is C34H48N3O13+. The number of amides is 4. The number of likely N-dealkylation sites (N-methyl/N-ethyl adjacent to an activating group) is 1. The third-order valence-corrected chi connectivity index (χ3v) is 8.91. The highest BCUT2D eigenvalue weighted by molar-refractivity contribution is 6.04. The number of quaternary nitrogens is 1. The van der Waals surface area contributed by atoms with Gasteiger partial charge in [0.15, 0.2) is 6.10 Å². The molecule has 0 spiro atoms. The summed E-state index contributed by atoms with van der Waals surface area (Å²) in [5.41, 5.74) is -0.980. The molecule has 5 atom stereocenters. The fourth-order valence-electron chi connectivity index (χ4n) is 6.03. The third kappa shape index (κ3) is 9.31. The molecule has 0 radical (unpaired) electrons. The molecule has 1 aromatic carbocycles. The molecule has 0 saturated carbocycles. The Labute approximate surface area is 290 Å². The molecule has 0 aromatic heterocycles. The van der Waals surface area contributed by atoms with Crippen molar-refractivity contribution in [3.8, 4) is 5.75 Å². The van der Waals surface area contributed by atoms with E-state index in [1.807, 2.05) is 13.8 Å². The molecule has 16 nitrogen and oxygen atoms in total. The van der Waals surface area contributed by atoms with Crippen LogP contribution in [0.4, 0.5) is 5.69 Å². The smallest absolute Gasteiger partial charge is 0.346 e. The van der Waals surface area contributed by atoms with Gasteiger partial charge in [0.05, 0.1) is 30.8 Å². The lowest BCUT2D eigenvalue weighted by Crippen LogP contribution is -2.63. The number of rotatable bonds is 15. The predicted octanol–water partition coefficient (Wildman–Crippen LogP) is 0.756. The molecule has 2 aliphatic rings. The van der Waals surface area contributed by atoms with Crippen LogP contribution in [-0.2, 0) is 44.8 Å². The van der Waals surface area contributed by atoms with Crippen LogP contribution < -0.4 is 15.4 Å². The zero-order valence-electron chi connectivity index (χ0n) is 29.3. The van der Waals surface area contributed by atoms with E-state index < -0.39 is 69.9 Å².